The molecule has 1 aliphatic rings. The lowest BCUT2D eigenvalue weighted by atomic mass is 9.97. The van der Waals surface area contributed by atoms with Crippen LogP contribution < -0.4 is 0 Å². The van der Waals surface area contributed by atoms with E-state index in [-0.39, 0.29) is 11.8 Å². The number of likely N-dealkylation sites (tertiary alicyclic amines) is 1. The first-order chi connectivity index (χ1) is 10.1. The molecule has 0 radical (unpaired) electrons. The van der Waals surface area contributed by atoms with Gasteiger partial charge in [0, 0.05) is 18.8 Å². The van der Waals surface area contributed by atoms with Crippen LogP contribution in [0.3, 0.4) is 0 Å². The van der Waals surface area contributed by atoms with Crippen LogP contribution in [0.25, 0.3) is 0 Å². The number of thioether (sulfide) groups is 1. The fraction of sp³-hybridized carbons (Fsp3) is 0.500. The number of carbonyl (C=O) groups is 2. The number of rotatable bonds is 5. The molecular formula is C16H21NO3S. The minimum absolute atomic E-state index is 0.121. The van der Waals surface area contributed by atoms with Gasteiger partial charge >= 0.3 is 5.97 Å². The largest absolute Gasteiger partial charge is 0.481 e. The zero-order valence-corrected chi connectivity index (χ0v) is 13.1. The highest BCUT2D eigenvalue weighted by Crippen LogP contribution is 2.19. The van der Waals surface area contributed by atoms with Gasteiger partial charge in [0.2, 0.25) is 5.91 Å². The highest BCUT2D eigenvalue weighted by atomic mass is 32.2. The summed E-state index contributed by atoms with van der Waals surface area (Å²) in [4.78, 5) is 24.7. The minimum atomic E-state index is -0.740. The first kappa shape index (κ1) is 15.9. The summed E-state index contributed by atoms with van der Waals surface area (Å²) in [6.07, 6.45) is 1.15. The smallest absolute Gasteiger partial charge is 0.306 e. The van der Waals surface area contributed by atoms with Crippen LogP contribution in [-0.4, -0.2) is 40.7 Å². The van der Waals surface area contributed by atoms with Gasteiger partial charge in [-0.25, -0.2) is 0 Å². The van der Waals surface area contributed by atoms with E-state index in [2.05, 4.69) is 31.2 Å². The number of hydrogen-bond acceptors (Lipinski definition) is 3. The van der Waals surface area contributed by atoms with Crippen molar-refractivity contribution < 1.29 is 14.7 Å². The summed E-state index contributed by atoms with van der Waals surface area (Å²) in [5.74, 6) is 0.393. The van der Waals surface area contributed by atoms with E-state index in [0.717, 1.165) is 5.75 Å². The number of hydrogen-bond donors (Lipinski definition) is 1. The Bertz CT molecular complexity index is 493. The lowest BCUT2D eigenvalue weighted by Crippen LogP contribution is -2.41. The average molecular weight is 307 g/mol. The highest BCUT2D eigenvalue weighted by molar-refractivity contribution is 7.99. The Morgan fingerprint density at radius 2 is 1.86 bits per heavy atom. The molecule has 114 valence electrons. The fourth-order valence-electron chi connectivity index (χ4n) is 2.41. The van der Waals surface area contributed by atoms with Gasteiger partial charge in [0.1, 0.15) is 0 Å². The van der Waals surface area contributed by atoms with Crippen LogP contribution in [0.2, 0.25) is 0 Å². The Labute approximate surface area is 129 Å². The number of aryl methyl sites for hydroxylation is 1. The van der Waals surface area contributed by atoms with E-state index in [9.17, 15) is 9.59 Å². The molecule has 1 fully saturated rings. The molecule has 1 aromatic rings. The first-order valence-corrected chi connectivity index (χ1v) is 8.35. The molecular weight excluding hydrogens is 286 g/mol. The Balaban J connectivity index is 1.70. The standard InChI is InChI=1S/C16H21NO3S/c1-12-2-4-13(5-3-12)10-21-11-15(18)17-8-6-14(7-9-17)16(19)20/h2-5,14H,6-11H2,1H3,(H,19,20). The lowest BCUT2D eigenvalue weighted by Gasteiger charge is -2.30. The normalized spacial score (nSPS) is 16.0. The fourth-order valence-corrected chi connectivity index (χ4v) is 3.30. The van der Waals surface area contributed by atoms with Crippen LogP contribution in [0.15, 0.2) is 24.3 Å². The Hall–Kier alpha value is -1.49. The number of carboxylic acids is 1. The Kier molecular flexibility index (Phi) is 5.67. The molecule has 21 heavy (non-hydrogen) atoms. The van der Waals surface area contributed by atoms with E-state index in [1.165, 1.54) is 11.1 Å². The summed E-state index contributed by atoms with van der Waals surface area (Å²) < 4.78 is 0. The minimum Gasteiger partial charge on any atom is -0.481 e. The number of amides is 1. The number of nitrogens with zero attached hydrogens (tertiary/aromatic N) is 1. The molecule has 5 heteroatoms. The monoisotopic (exact) mass is 307 g/mol. The third-order valence-electron chi connectivity index (χ3n) is 3.81. The summed E-state index contributed by atoms with van der Waals surface area (Å²) >= 11 is 1.61. The molecule has 0 aromatic heterocycles. The molecule has 2 rings (SSSR count). The molecule has 0 saturated carbocycles. The molecule has 0 aliphatic carbocycles. The quantitative estimate of drug-likeness (QED) is 0.908. The Morgan fingerprint density at radius 3 is 2.43 bits per heavy atom. The van der Waals surface area contributed by atoms with Crippen molar-refractivity contribution in [2.75, 3.05) is 18.8 Å². The van der Waals surface area contributed by atoms with Gasteiger partial charge in [0.25, 0.3) is 0 Å². The Morgan fingerprint density at radius 1 is 1.24 bits per heavy atom. The highest BCUT2D eigenvalue weighted by Gasteiger charge is 2.26. The molecule has 0 unspecified atom stereocenters. The van der Waals surface area contributed by atoms with E-state index in [4.69, 9.17) is 5.11 Å². The maximum Gasteiger partial charge on any atom is 0.306 e. The molecule has 4 nitrogen and oxygen atoms in total. The van der Waals surface area contributed by atoms with Crippen molar-refractivity contribution in [2.45, 2.75) is 25.5 Å². The van der Waals surface area contributed by atoms with Gasteiger partial charge < -0.3 is 10.0 Å². The third kappa shape index (κ3) is 4.77. The molecule has 1 aliphatic heterocycles. The van der Waals surface area contributed by atoms with E-state index >= 15 is 0 Å². The predicted octanol–water partition coefficient (Wildman–Crippen LogP) is 2.55. The number of carboxylic acid groups (broad SMARTS) is 1. The summed E-state index contributed by atoms with van der Waals surface area (Å²) in [6.45, 7) is 3.20. The van der Waals surface area contributed by atoms with E-state index in [1.807, 2.05) is 0 Å². The number of benzene rings is 1. The van der Waals surface area contributed by atoms with Crippen molar-refractivity contribution >= 4 is 23.6 Å². The summed E-state index contributed by atoms with van der Waals surface area (Å²) in [5.41, 5.74) is 2.46. The van der Waals surface area contributed by atoms with E-state index in [1.54, 1.807) is 16.7 Å². The zero-order chi connectivity index (χ0) is 15.2. The van der Waals surface area contributed by atoms with Gasteiger partial charge in [-0.1, -0.05) is 29.8 Å². The van der Waals surface area contributed by atoms with Crippen LogP contribution in [0.5, 0.6) is 0 Å². The molecule has 1 N–H and O–H groups in total. The molecule has 1 amide bonds. The van der Waals surface area contributed by atoms with Crippen LogP contribution >= 0.6 is 11.8 Å². The van der Waals surface area contributed by atoms with Crippen LogP contribution in [0.1, 0.15) is 24.0 Å². The average Bonchev–Trinajstić information content (AvgIpc) is 2.49. The van der Waals surface area contributed by atoms with Crippen molar-refractivity contribution in [2.24, 2.45) is 5.92 Å². The SMILES string of the molecule is Cc1ccc(CSCC(=O)N2CCC(C(=O)O)CC2)cc1. The molecule has 0 bridgehead atoms. The molecule has 1 saturated heterocycles. The molecule has 1 heterocycles. The predicted molar refractivity (Wildman–Crippen MR) is 84.3 cm³/mol. The second-order valence-corrected chi connectivity index (χ2v) is 6.46. The van der Waals surface area contributed by atoms with Crippen molar-refractivity contribution in [3.05, 3.63) is 35.4 Å². The van der Waals surface area contributed by atoms with Gasteiger partial charge in [0.15, 0.2) is 0 Å². The van der Waals surface area contributed by atoms with Crippen molar-refractivity contribution in [3.8, 4) is 0 Å². The van der Waals surface area contributed by atoms with Gasteiger partial charge in [-0.15, -0.1) is 11.8 Å². The van der Waals surface area contributed by atoms with E-state index in [0.29, 0.717) is 31.7 Å². The topological polar surface area (TPSA) is 57.6 Å². The number of piperidine rings is 1. The van der Waals surface area contributed by atoms with Crippen LogP contribution in [0, 0.1) is 12.8 Å². The molecule has 0 atom stereocenters. The second-order valence-electron chi connectivity index (χ2n) is 5.47. The lowest BCUT2D eigenvalue weighted by molar-refractivity contribution is -0.145. The maximum atomic E-state index is 12.1. The van der Waals surface area contributed by atoms with Gasteiger partial charge in [-0.3, -0.25) is 9.59 Å². The summed E-state index contributed by atoms with van der Waals surface area (Å²) in [5, 5.41) is 8.94. The maximum absolute atomic E-state index is 12.1. The summed E-state index contributed by atoms with van der Waals surface area (Å²) in [6, 6.07) is 8.33. The number of carbonyl (C=O) groups excluding carboxylic acids is 1. The van der Waals surface area contributed by atoms with Gasteiger partial charge in [-0.2, -0.15) is 0 Å². The van der Waals surface area contributed by atoms with Crippen molar-refractivity contribution in [1.29, 1.82) is 0 Å². The molecule has 1 aromatic carbocycles. The zero-order valence-electron chi connectivity index (χ0n) is 12.2. The second kappa shape index (κ2) is 7.50. The van der Waals surface area contributed by atoms with E-state index < -0.39 is 5.97 Å². The van der Waals surface area contributed by atoms with Gasteiger partial charge in [-0.05, 0) is 25.3 Å². The first-order valence-electron chi connectivity index (χ1n) is 7.20. The summed E-state index contributed by atoms with van der Waals surface area (Å²) in [7, 11) is 0. The van der Waals surface area contributed by atoms with Crippen molar-refractivity contribution in [3.63, 3.8) is 0 Å². The molecule has 0 spiro atoms. The van der Waals surface area contributed by atoms with Crippen molar-refractivity contribution in [1.82, 2.24) is 4.90 Å². The number of aliphatic carboxylic acids is 1. The third-order valence-corrected chi connectivity index (χ3v) is 4.80. The van der Waals surface area contributed by atoms with Gasteiger partial charge in [0.05, 0.1) is 11.7 Å². The van der Waals surface area contributed by atoms with Crippen LogP contribution in [-0.2, 0) is 15.3 Å². The van der Waals surface area contributed by atoms with Crippen LogP contribution in [0.4, 0.5) is 0 Å².